The van der Waals surface area contributed by atoms with Crippen molar-refractivity contribution in [2.75, 3.05) is 32.8 Å². The van der Waals surface area contributed by atoms with Gasteiger partial charge in [0.1, 0.15) is 0 Å². The number of ether oxygens (including phenoxy) is 1. The zero-order valence-electron chi connectivity index (χ0n) is 16.3. The van der Waals surface area contributed by atoms with Crippen LogP contribution in [-0.4, -0.2) is 59.5 Å². The second-order valence-electron chi connectivity index (χ2n) is 7.46. The number of hydrogen-bond donors (Lipinski definition) is 1. The molecular formula is C20H28N4O3. The van der Waals surface area contributed by atoms with Crippen molar-refractivity contribution in [3.63, 3.8) is 0 Å². The first-order valence-corrected chi connectivity index (χ1v) is 9.53. The van der Waals surface area contributed by atoms with Crippen LogP contribution < -0.4 is 10.9 Å². The number of morpholine rings is 1. The summed E-state index contributed by atoms with van der Waals surface area (Å²) in [7, 11) is 1.57. The van der Waals surface area contributed by atoms with Crippen LogP contribution in [0.5, 0.6) is 0 Å². The lowest BCUT2D eigenvalue weighted by Gasteiger charge is -2.35. The van der Waals surface area contributed by atoms with Crippen LogP contribution >= 0.6 is 0 Å². The largest absolute Gasteiger partial charge is 0.379 e. The Hall–Kier alpha value is -2.25. The fraction of sp³-hybridized carbons (Fsp3) is 0.550. The number of nitrogens with one attached hydrogen (secondary N) is 1. The van der Waals surface area contributed by atoms with Gasteiger partial charge in [0.2, 0.25) is 0 Å². The lowest BCUT2D eigenvalue weighted by molar-refractivity contribution is 0.0124. The van der Waals surface area contributed by atoms with E-state index in [1.165, 1.54) is 4.68 Å². The van der Waals surface area contributed by atoms with E-state index >= 15 is 0 Å². The van der Waals surface area contributed by atoms with Gasteiger partial charge >= 0.3 is 0 Å². The molecule has 0 radical (unpaired) electrons. The molecule has 1 amide bonds. The molecule has 0 bridgehead atoms. The molecule has 1 unspecified atom stereocenters. The van der Waals surface area contributed by atoms with Crippen molar-refractivity contribution in [2.45, 2.75) is 26.3 Å². The molecule has 1 aliphatic heterocycles. The first-order chi connectivity index (χ1) is 13.0. The van der Waals surface area contributed by atoms with E-state index in [0.717, 1.165) is 32.7 Å². The van der Waals surface area contributed by atoms with Gasteiger partial charge < -0.3 is 10.1 Å². The summed E-state index contributed by atoms with van der Waals surface area (Å²) in [5, 5.41) is 8.35. The fourth-order valence-corrected chi connectivity index (χ4v) is 3.61. The minimum Gasteiger partial charge on any atom is -0.379 e. The number of benzene rings is 1. The molecule has 1 fully saturated rings. The normalized spacial score (nSPS) is 16.6. The molecule has 7 heteroatoms. The molecule has 1 aromatic carbocycles. The summed E-state index contributed by atoms with van der Waals surface area (Å²) in [4.78, 5) is 27.5. The summed E-state index contributed by atoms with van der Waals surface area (Å²) in [5.41, 5.74) is 0.0890. The number of hydrogen-bond acceptors (Lipinski definition) is 5. The zero-order chi connectivity index (χ0) is 19.4. The molecular weight excluding hydrogens is 344 g/mol. The van der Waals surface area contributed by atoms with Crippen LogP contribution in [0.3, 0.4) is 0 Å². The van der Waals surface area contributed by atoms with E-state index in [1.807, 2.05) is 6.07 Å². The van der Waals surface area contributed by atoms with E-state index in [1.54, 1.807) is 25.2 Å². The van der Waals surface area contributed by atoms with Gasteiger partial charge in [0.05, 0.1) is 18.6 Å². The van der Waals surface area contributed by atoms with E-state index in [9.17, 15) is 9.59 Å². The molecule has 2 aromatic rings. The Morgan fingerprint density at radius 1 is 1.22 bits per heavy atom. The Kier molecular flexibility index (Phi) is 6.23. The first kappa shape index (κ1) is 19.5. The summed E-state index contributed by atoms with van der Waals surface area (Å²) in [5.74, 6) is 0.287. The van der Waals surface area contributed by atoms with Gasteiger partial charge in [-0.1, -0.05) is 32.0 Å². The van der Waals surface area contributed by atoms with Gasteiger partial charge in [-0.05, 0) is 18.4 Å². The minimum atomic E-state index is -0.246. The van der Waals surface area contributed by atoms with E-state index in [2.05, 4.69) is 29.2 Å². The van der Waals surface area contributed by atoms with Crippen molar-refractivity contribution in [3.05, 3.63) is 40.3 Å². The maximum atomic E-state index is 12.9. The highest BCUT2D eigenvalue weighted by molar-refractivity contribution is 6.04. The molecule has 7 nitrogen and oxygen atoms in total. The molecule has 0 spiro atoms. The Morgan fingerprint density at radius 3 is 2.56 bits per heavy atom. The molecule has 1 atom stereocenters. The van der Waals surface area contributed by atoms with Crippen molar-refractivity contribution < 1.29 is 9.53 Å². The smallest absolute Gasteiger partial charge is 0.274 e. The highest BCUT2D eigenvalue weighted by Crippen LogP contribution is 2.15. The van der Waals surface area contributed by atoms with Crippen LogP contribution in [0, 0.1) is 5.92 Å². The Balaban J connectivity index is 1.79. The molecule has 1 aromatic heterocycles. The van der Waals surface area contributed by atoms with Crippen LogP contribution in [0.25, 0.3) is 10.8 Å². The third-order valence-electron chi connectivity index (χ3n) is 4.98. The van der Waals surface area contributed by atoms with Crippen molar-refractivity contribution in [2.24, 2.45) is 13.0 Å². The van der Waals surface area contributed by atoms with Gasteiger partial charge in [0.25, 0.3) is 11.5 Å². The van der Waals surface area contributed by atoms with Gasteiger partial charge in [-0.3, -0.25) is 14.5 Å². The van der Waals surface area contributed by atoms with Crippen molar-refractivity contribution in [1.29, 1.82) is 0 Å². The average molecular weight is 372 g/mol. The van der Waals surface area contributed by atoms with E-state index in [4.69, 9.17) is 4.74 Å². The summed E-state index contributed by atoms with van der Waals surface area (Å²) in [6, 6.07) is 7.37. The van der Waals surface area contributed by atoms with Gasteiger partial charge in [-0.25, -0.2) is 4.68 Å². The molecule has 1 N–H and O–H groups in total. The molecule has 1 aliphatic rings. The number of nitrogens with zero attached hydrogens (tertiary/aromatic N) is 3. The Labute approximate surface area is 159 Å². The number of aromatic nitrogens is 2. The number of amides is 1. The molecule has 0 aliphatic carbocycles. The molecule has 3 rings (SSSR count). The molecule has 27 heavy (non-hydrogen) atoms. The van der Waals surface area contributed by atoms with Gasteiger partial charge in [-0.2, -0.15) is 5.10 Å². The van der Waals surface area contributed by atoms with Crippen molar-refractivity contribution in [3.8, 4) is 0 Å². The van der Waals surface area contributed by atoms with Crippen LogP contribution in [0.15, 0.2) is 29.1 Å². The topological polar surface area (TPSA) is 76.5 Å². The zero-order valence-corrected chi connectivity index (χ0v) is 16.3. The predicted molar refractivity (Wildman–Crippen MR) is 105 cm³/mol. The molecule has 1 saturated heterocycles. The van der Waals surface area contributed by atoms with Crippen LogP contribution in [-0.2, 0) is 11.8 Å². The van der Waals surface area contributed by atoms with Gasteiger partial charge in [-0.15, -0.1) is 0 Å². The van der Waals surface area contributed by atoms with Gasteiger partial charge in [0, 0.05) is 38.1 Å². The number of aryl methyl sites for hydroxylation is 1. The van der Waals surface area contributed by atoms with Crippen molar-refractivity contribution >= 4 is 16.7 Å². The van der Waals surface area contributed by atoms with Crippen LogP contribution in [0.1, 0.15) is 30.8 Å². The maximum absolute atomic E-state index is 12.9. The van der Waals surface area contributed by atoms with E-state index < -0.39 is 0 Å². The summed E-state index contributed by atoms with van der Waals surface area (Å²) >= 11 is 0. The second kappa shape index (κ2) is 8.63. The van der Waals surface area contributed by atoms with Gasteiger partial charge in [0.15, 0.2) is 5.69 Å². The quantitative estimate of drug-likeness (QED) is 0.830. The number of fused-ring (bicyclic) bond motifs is 1. The number of rotatable bonds is 6. The lowest BCUT2D eigenvalue weighted by atomic mass is 10.0. The van der Waals surface area contributed by atoms with Crippen LogP contribution in [0.4, 0.5) is 0 Å². The molecule has 146 valence electrons. The fourth-order valence-electron chi connectivity index (χ4n) is 3.61. The van der Waals surface area contributed by atoms with E-state index in [-0.39, 0.29) is 23.2 Å². The SMILES string of the molecule is CC(C)CC(CNC(=O)c1nn(C)c(=O)c2ccccc12)N1CCOCC1. The van der Waals surface area contributed by atoms with Crippen LogP contribution in [0.2, 0.25) is 0 Å². The summed E-state index contributed by atoms with van der Waals surface area (Å²) < 4.78 is 6.68. The number of carbonyl (C=O) groups is 1. The average Bonchev–Trinajstić information content (AvgIpc) is 2.68. The standard InChI is InChI=1S/C20H28N4O3/c1-14(2)12-15(24-8-10-27-11-9-24)13-21-19(25)18-16-6-4-5-7-17(16)20(26)23(3)22-18/h4-7,14-15H,8-13H2,1-3H3,(H,21,25). The predicted octanol–water partition coefficient (Wildman–Crippen LogP) is 1.41. The maximum Gasteiger partial charge on any atom is 0.274 e. The highest BCUT2D eigenvalue weighted by atomic mass is 16.5. The molecule has 2 heterocycles. The third-order valence-corrected chi connectivity index (χ3v) is 4.98. The second-order valence-corrected chi connectivity index (χ2v) is 7.46. The summed E-state index contributed by atoms with van der Waals surface area (Å²) in [6.07, 6.45) is 1.00. The van der Waals surface area contributed by atoms with Crippen molar-refractivity contribution in [1.82, 2.24) is 20.0 Å². The number of carbonyl (C=O) groups excluding carboxylic acids is 1. The third kappa shape index (κ3) is 4.54. The monoisotopic (exact) mass is 372 g/mol. The summed E-state index contributed by atoms with van der Waals surface area (Å²) in [6.45, 7) is 8.16. The highest BCUT2D eigenvalue weighted by Gasteiger charge is 2.23. The molecule has 0 saturated carbocycles. The Bertz CT molecular complexity index is 856. The minimum absolute atomic E-state index is 0.201. The van der Waals surface area contributed by atoms with E-state index in [0.29, 0.717) is 23.2 Å². The first-order valence-electron chi connectivity index (χ1n) is 9.53. The lowest BCUT2D eigenvalue weighted by Crippen LogP contribution is -2.49. The Morgan fingerprint density at radius 2 is 1.89 bits per heavy atom.